The molecule has 1 N–H and O–H groups in total. The number of amides is 1. The molecule has 0 spiro atoms. The third kappa shape index (κ3) is 4.03. The minimum atomic E-state index is -1.32. The number of aryl methyl sites for hydroxylation is 2. The van der Waals surface area contributed by atoms with E-state index >= 15 is 0 Å². The molecule has 1 amide bonds. The zero-order chi connectivity index (χ0) is 20.3. The molecule has 1 heterocycles. The molecule has 1 aromatic heterocycles. The molecule has 0 bridgehead atoms. The summed E-state index contributed by atoms with van der Waals surface area (Å²) in [6.07, 6.45) is 4.51. The fourth-order valence-electron chi connectivity index (χ4n) is 3.70. The fourth-order valence-corrected chi connectivity index (χ4v) is 3.70. The lowest BCUT2D eigenvalue weighted by Gasteiger charge is -2.20. The van der Waals surface area contributed by atoms with Gasteiger partial charge >= 0.3 is 5.63 Å². The second kappa shape index (κ2) is 8.46. The van der Waals surface area contributed by atoms with Crippen molar-refractivity contribution in [1.82, 2.24) is 5.32 Å². The molecule has 0 unspecified atom stereocenters. The van der Waals surface area contributed by atoms with Gasteiger partial charge in [-0.1, -0.05) is 13.3 Å². The number of fused-ring (bicyclic) bond motifs is 3. The summed E-state index contributed by atoms with van der Waals surface area (Å²) in [4.78, 5) is 35.4. The Labute approximate surface area is 162 Å². The van der Waals surface area contributed by atoms with Gasteiger partial charge in [-0.05, 0) is 56.7 Å². The molecule has 1 aliphatic carbocycles. The van der Waals surface area contributed by atoms with Gasteiger partial charge in [0, 0.05) is 16.5 Å². The van der Waals surface area contributed by atoms with Crippen molar-refractivity contribution >= 4 is 22.8 Å². The van der Waals surface area contributed by atoms with E-state index in [1.165, 1.54) is 0 Å². The summed E-state index contributed by atoms with van der Waals surface area (Å²) in [6.45, 7) is 3.26. The number of carboxylic acid groups (broad SMARTS) is 1. The number of carboxylic acids is 1. The van der Waals surface area contributed by atoms with Crippen molar-refractivity contribution in [3.05, 3.63) is 39.2 Å². The lowest BCUT2D eigenvalue weighted by atomic mass is 9.90. The number of hydrogen-bond acceptors (Lipinski definition) is 6. The van der Waals surface area contributed by atoms with Crippen LogP contribution < -0.4 is 20.8 Å². The normalized spacial score (nSPS) is 14.4. The summed E-state index contributed by atoms with van der Waals surface area (Å²) in [6, 6.07) is 2.56. The van der Waals surface area contributed by atoms with Gasteiger partial charge < -0.3 is 24.4 Å². The highest BCUT2D eigenvalue weighted by molar-refractivity contribution is 5.87. The highest BCUT2D eigenvalue weighted by Crippen LogP contribution is 2.32. The van der Waals surface area contributed by atoms with Crippen molar-refractivity contribution in [2.24, 2.45) is 0 Å². The Balaban J connectivity index is 1.79. The minimum absolute atomic E-state index is 0.291. The van der Waals surface area contributed by atoms with Gasteiger partial charge in [-0.15, -0.1) is 0 Å². The van der Waals surface area contributed by atoms with Crippen LogP contribution in [0.15, 0.2) is 21.3 Å². The molecule has 1 aliphatic rings. The molecule has 0 fully saturated rings. The molecule has 0 aliphatic heterocycles. The molecule has 0 radical (unpaired) electrons. The first kappa shape index (κ1) is 19.9. The third-order valence-corrected chi connectivity index (χ3v) is 5.15. The van der Waals surface area contributed by atoms with Gasteiger partial charge in [0.1, 0.15) is 11.3 Å². The zero-order valence-corrected chi connectivity index (χ0v) is 16.1. The summed E-state index contributed by atoms with van der Waals surface area (Å²) in [5.74, 6) is -1.44. The van der Waals surface area contributed by atoms with E-state index in [0.717, 1.165) is 42.2 Å². The first-order chi connectivity index (χ1) is 13.4. The number of carbonyl (C=O) groups excluding carboxylic acids is 2. The van der Waals surface area contributed by atoms with Crippen LogP contribution >= 0.6 is 0 Å². The summed E-state index contributed by atoms with van der Waals surface area (Å²) in [5.41, 5.74) is 2.61. The number of benzene rings is 1. The molecular weight excluding hydrogens is 362 g/mol. The van der Waals surface area contributed by atoms with E-state index < -0.39 is 17.9 Å². The van der Waals surface area contributed by atoms with E-state index in [1.807, 2.05) is 13.0 Å². The highest BCUT2D eigenvalue weighted by Gasteiger charge is 2.20. The van der Waals surface area contributed by atoms with E-state index in [0.29, 0.717) is 29.7 Å². The van der Waals surface area contributed by atoms with Crippen molar-refractivity contribution in [3.63, 3.8) is 0 Å². The fraction of sp³-hybridized carbons (Fsp3) is 0.476. The van der Waals surface area contributed by atoms with Crippen molar-refractivity contribution in [1.29, 1.82) is 0 Å². The number of nitrogens with one attached hydrogen (secondary N) is 1. The van der Waals surface area contributed by atoms with Crippen LogP contribution in [-0.2, 0) is 22.4 Å². The van der Waals surface area contributed by atoms with Gasteiger partial charge in [-0.2, -0.15) is 0 Å². The van der Waals surface area contributed by atoms with E-state index in [1.54, 1.807) is 13.0 Å². The van der Waals surface area contributed by atoms with Crippen LogP contribution in [0, 0.1) is 6.92 Å². The number of carbonyl (C=O) groups is 2. The Bertz CT molecular complexity index is 962. The average molecular weight is 386 g/mol. The topological polar surface area (TPSA) is 109 Å². The smallest absolute Gasteiger partial charge is 0.339 e. The Morgan fingerprint density at radius 1 is 1.25 bits per heavy atom. The molecule has 150 valence electrons. The summed E-state index contributed by atoms with van der Waals surface area (Å²) >= 11 is 0. The maximum absolute atomic E-state index is 12.3. The highest BCUT2D eigenvalue weighted by atomic mass is 16.5. The van der Waals surface area contributed by atoms with Gasteiger partial charge in [-0.3, -0.25) is 4.79 Å². The maximum atomic E-state index is 12.3. The second-order valence-electron chi connectivity index (χ2n) is 7.14. The van der Waals surface area contributed by atoms with E-state index in [2.05, 4.69) is 5.32 Å². The predicted molar refractivity (Wildman–Crippen MR) is 101 cm³/mol. The quantitative estimate of drug-likeness (QED) is 0.721. The molecule has 0 saturated heterocycles. The van der Waals surface area contributed by atoms with Crippen molar-refractivity contribution in [2.45, 2.75) is 58.4 Å². The summed E-state index contributed by atoms with van der Waals surface area (Å²) in [5, 5.41) is 14.3. The predicted octanol–water partition coefficient (Wildman–Crippen LogP) is 1.39. The molecule has 7 nitrogen and oxygen atoms in total. The van der Waals surface area contributed by atoms with E-state index in [4.69, 9.17) is 9.15 Å². The lowest BCUT2D eigenvalue weighted by Crippen LogP contribution is -2.49. The summed E-state index contributed by atoms with van der Waals surface area (Å²) < 4.78 is 11.1. The van der Waals surface area contributed by atoms with Crippen molar-refractivity contribution in [3.8, 4) is 5.75 Å². The van der Waals surface area contributed by atoms with Crippen molar-refractivity contribution < 1.29 is 23.8 Å². The molecule has 3 rings (SSSR count). The van der Waals surface area contributed by atoms with Gasteiger partial charge in [0.25, 0.3) is 5.91 Å². The lowest BCUT2D eigenvalue weighted by molar-refractivity contribution is -0.308. The van der Waals surface area contributed by atoms with Crippen LogP contribution in [0.5, 0.6) is 5.75 Å². The van der Waals surface area contributed by atoms with Crippen LogP contribution in [0.4, 0.5) is 0 Å². The van der Waals surface area contributed by atoms with E-state index in [-0.39, 0.29) is 12.2 Å². The molecule has 7 heteroatoms. The average Bonchev–Trinajstić information content (AvgIpc) is 2.68. The first-order valence-electron chi connectivity index (χ1n) is 9.63. The van der Waals surface area contributed by atoms with Crippen LogP contribution in [0.2, 0.25) is 0 Å². The Hall–Kier alpha value is -2.83. The zero-order valence-electron chi connectivity index (χ0n) is 16.1. The largest absolute Gasteiger partial charge is 0.548 e. The van der Waals surface area contributed by atoms with Gasteiger partial charge in [0.2, 0.25) is 0 Å². The Morgan fingerprint density at radius 2 is 1.96 bits per heavy atom. The molecule has 1 atom stereocenters. The summed E-state index contributed by atoms with van der Waals surface area (Å²) in [7, 11) is 0. The van der Waals surface area contributed by atoms with Crippen LogP contribution in [0.1, 0.15) is 49.3 Å². The third-order valence-electron chi connectivity index (χ3n) is 5.15. The van der Waals surface area contributed by atoms with Gasteiger partial charge in [0.05, 0.1) is 12.0 Å². The first-order valence-corrected chi connectivity index (χ1v) is 9.63. The van der Waals surface area contributed by atoms with Gasteiger partial charge in [0.15, 0.2) is 6.61 Å². The standard InChI is InChI=1S/C21H25NO6/c1-3-6-16(20(24)25)22-18(23)11-27-17-10-9-14-13-7-4-5-8-15(13)21(26)28-19(14)12(17)2/h9-10,16H,3-8,11H2,1-2H3,(H,22,23)(H,24,25)/p-1/t16-/m0/s1. The maximum Gasteiger partial charge on any atom is 0.339 e. The van der Waals surface area contributed by atoms with Gasteiger partial charge in [-0.25, -0.2) is 4.79 Å². The van der Waals surface area contributed by atoms with Crippen LogP contribution in [0.3, 0.4) is 0 Å². The molecular formula is C21H24NO6-. The van der Waals surface area contributed by atoms with Crippen molar-refractivity contribution in [2.75, 3.05) is 6.61 Å². The Kier molecular flexibility index (Phi) is 6.02. The number of aliphatic carboxylic acids is 1. The second-order valence-corrected chi connectivity index (χ2v) is 7.14. The number of hydrogen-bond donors (Lipinski definition) is 1. The molecule has 28 heavy (non-hydrogen) atoms. The SMILES string of the molecule is CCC[C@H](NC(=O)COc1ccc2c3c(c(=O)oc2c1C)CCCC3)C(=O)[O-]. The molecule has 0 saturated carbocycles. The monoisotopic (exact) mass is 386 g/mol. The molecule has 2 aromatic rings. The minimum Gasteiger partial charge on any atom is -0.548 e. The number of ether oxygens (including phenoxy) is 1. The number of rotatable bonds is 7. The van der Waals surface area contributed by atoms with Crippen LogP contribution in [0.25, 0.3) is 11.0 Å². The van der Waals surface area contributed by atoms with Crippen LogP contribution in [-0.4, -0.2) is 24.5 Å². The van der Waals surface area contributed by atoms with E-state index in [9.17, 15) is 19.5 Å². The molecule has 1 aromatic carbocycles. The Morgan fingerprint density at radius 3 is 2.64 bits per heavy atom.